The summed E-state index contributed by atoms with van der Waals surface area (Å²) in [6.07, 6.45) is 0. The zero-order chi connectivity index (χ0) is 14.5. The fourth-order valence-electron chi connectivity index (χ4n) is 1.86. The minimum Gasteiger partial charge on any atom is -0.482 e. The molecule has 0 aromatic heterocycles. The number of likely N-dealkylation sites (N-methyl/N-ethyl adjacent to an activating group) is 1. The third-order valence-electron chi connectivity index (χ3n) is 3.04. The number of hydrogen-bond acceptors (Lipinski definition) is 4. The van der Waals surface area contributed by atoms with Gasteiger partial charge in [-0.05, 0) is 25.2 Å². The predicted octanol–water partition coefficient (Wildman–Crippen LogP) is 1.76. The second kappa shape index (κ2) is 7.26. The minimum absolute atomic E-state index is 0.0479. The summed E-state index contributed by atoms with van der Waals surface area (Å²) in [6, 6.07) is 5.28. The second-order valence-corrected chi connectivity index (χ2v) is 6.01. The normalized spacial score (nSPS) is 16.9. The number of rotatable bonds is 4. The van der Waals surface area contributed by atoms with Crippen molar-refractivity contribution < 1.29 is 9.53 Å². The number of carbonyl (C=O) groups is 1. The molecule has 0 spiro atoms. The van der Waals surface area contributed by atoms with Crippen molar-refractivity contribution in [3.8, 4) is 5.75 Å². The summed E-state index contributed by atoms with van der Waals surface area (Å²) < 4.78 is 6.29. The first-order valence-corrected chi connectivity index (χ1v) is 7.52. The van der Waals surface area contributed by atoms with Gasteiger partial charge in [0.05, 0.1) is 5.02 Å². The lowest BCUT2D eigenvalue weighted by atomic mass is 10.3. The van der Waals surface area contributed by atoms with E-state index in [0.717, 1.165) is 30.7 Å². The number of benzene rings is 1. The molecule has 5 nitrogen and oxygen atoms in total. The van der Waals surface area contributed by atoms with E-state index in [1.54, 1.807) is 12.1 Å². The Bertz CT molecular complexity index is 479. The Kier molecular flexibility index (Phi) is 5.65. The molecule has 1 saturated heterocycles. The molecule has 20 heavy (non-hydrogen) atoms. The van der Waals surface area contributed by atoms with Crippen LogP contribution < -0.4 is 10.2 Å². The van der Waals surface area contributed by atoms with E-state index >= 15 is 0 Å². The molecule has 0 bridgehead atoms. The molecule has 0 radical (unpaired) electrons. The van der Waals surface area contributed by atoms with Crippen LogP contribution in [0.25, 0.3) is 0 Å². The minimum atomic E-state index is -0.173. The molecule has 1 aromatic carbocycles. The molecular weight excluding hydrogens is 346 g/mol. The van der Waals surface area contributed by atoms with E-state index < -0.39 is 0 Å². The van der Waals surface area contributed by atoms with Gasteiger partial charge in [0.25, 0.3) is 5.91 Å². The summed E-state index contributed by atoms with van der Waals surface area (Å²) in [4.78, 5) is 14.0. The Labute approximate surface area is 131 Å². The van der Waals surface area contributed by atoms with Gasteiger partial charge in [0, 0.05) is 30.7 Å². The first-order chi connectivity index (χ1) is 9.54. The lowest BCUT2D eigenvalue weighted by Gasteiger charge is -2.32. The van der Waals surface area contributed by atoms with Gasteiger partial charge in [-0.15, -0.1) is 0 Å². The van der Waals surface area contributed by atoms with Gasteiger partial charge >= 0.3 is 0 Å². The maximum atomic E-state index is 11.8. The van der Waals surface area contributed by atoms with Crippen molar-refractivity contribution in [1.82, 2.24) is 15.3 Å². The Hall–Kier alpha value is -0.820. The number of ether oxygens (including phenoxy) is 1. The van der Waals surface area contributed by atoms with Crippen molar-refractivity contribution in [2.24, 2.45) is 0 Å². The van der Waals surface area contributed by atoms with E-state index in [2.05, 4.69) is 33.3 Å². The monoisotopic (exact) mass is 361 g/mol. The van der Waals surface area contributed by atoms with E-state index in [1.807, 2.05) is 11.1 Å². The van der Waals surface area contributed by atoms with Crippen LogP contribution in [0, 0.1) is 0 Å². The smallest absolute Gasteiger partial charge is 0.272 e. The molecule has 2 rings (SSSR count). The molecule has 7 heteroatoms. The van der Waals surface area contributed by atoms with Gasteiger partial charge in [-0.2, -0.15) is 0 Å². The predicted molar refractivity (Wildman–Crippen MR) is 81.9 cm³/mol. The number of hydrazine groups is 1. The summed E-state index contributed by atoms with van der Waals surface area (Å²) in [5, 5.41) is 2.39. The van der Waals surface area contributed by atoms with Crippen LogP contribution >= 0.6 is 27.5 Å². The van der Waals surface area contributed by atoms with E-state index in [1.165, 1.54) is 0 Å². The molecule has 1 aromatic rings. The second-order valence-electron chi connectivity index (χ2n) is 4.69. The number of nitrogens with one attached hydrogen (secondary N) is 1. The molecule has 1 aliphatic rings. The molecule has 0 atom stereocenters. The summed E-state index contributed by atoms with van der Waals surface area (Å²) in [5.41, 5.74) is 2.83. The summed E-state index contributed by atoms with van der Waals surface area (Å²) in [7, 11) is 2.07. The average molecular weight is 363 g/mol. The van der Waals surface area contributed by atoms with E-state index in [9.17, 15) is 4.79 Å². The van der Waals surface area contributed by atoms with Crippen molar-refractivity contribution in [3.63, 3.8) is 0 Å². The van der Waals surface area contributed by atoms with Crippen LogP contribution in [0.1, 0.15) is 0 Å². The number of halogens is 2. The highest BCUT2D eigenvalue weighted by molar-refractivity contribution is 9.10. The van der Waals surface area contributed by atoms with Crippen molar-refractivity contribution in [3.05, 3.63) is 27.7 Å². The van der Waals surface area contributed by atoms with Crippen LogP contribution in [0.4, 0.5) is 0 Å². The van der Waals surface area contributed by atoms with Crippen LogP contribution in [0.15, 0.2) is 22.7 Å². The summed E-state index contributed by atoms with van der Waals surface area (Å²) in [5.74, 6) is 0.330. The summed E-state index contributed by atoms with van der Waals surface area (Å²) >= 11 is 9.34. The fraction of sp³-hybridized carbons (Fsp3) is 0.462. The number of hydrogen-bond donors (Lipinski definition) is 1. The van der Waals surface area contributed by atoms with Crippen molar-refractivity contribution >= 4 is 33.4 Å². The highest BCUT2D eigenvalue weighted by Crippen LogP contribution is 2.27. The van der Waals surface area contributed by atoms with E-state index in [-0.39, 0.29) is 12.5 Å². The topological polar surface area (TPSA) is 44.8 Å². The quantitative estimate of drug-likeness (QED) is 0.886. The molecule has 0 aliphatic carbocycles. The van der Waals surface area contributed by atoms with Crippen LogP contribution in [-0.4, -0.2) is 55.6 Å². The molecule has 1 N–H and O–H groups in total. The molecule has 0 unspecified atom stereocenters. The highest BCUT2D eigenvalue weighted by atomic mass is 79.9. The van der Waals surface area contributed by atoms with Gasteiger partial charge in [-0.1, -0.05) is 27.5 Å². The van der Waals surface area contributed by atoms with Crippen LogP contribution in [0.3, 0.4) is 0 Å². The number of amides is 1. The Morgan fingerprint density at radius 1 is 1.40 bits per heavy atom. The number of nitrogens with zero attached hydrogens (tertiary/aromatic N) is 2. The van der Waals surface area contributed by atoms with Crippen LogP contribution in [0.2, 0.25) is 5.02 Å². The van der Waals surface area contributed by atoms with Gasteiger partial charge in [-0.3, -0.25) is 10.2 Å². The molecular formula is C13H17BrClN3O2. The van der Waals surface area contributed by atoms with Crippen molar-refractivity contribution in [2.75, 3.05) is 39.8 Å². The largest absolute Gasteiger partial charge is 0.482 e. The number of carbonyl (C=O) groups excluding carboxylic acids is 1. The lowest BCUT2D eigenvalue weighted by molar-refractivity contribution is -0.128. The van der Waals surface area contributed by atoms with Crippen molar-refractivity contribution in [1.29, 1.82) is 0 Å². The van der Waals surface area contributed by atoms with E-state index in [0.29, 0.717) is 10.8 Å². The van der Waals surface area contributed by atoms with Gasteiger partial charge in [0.2, 0.25) is 0 Å². The van der Waals surface area contributed by atoms with Gasteiger partial charge in [0.15, 0.2) is 6.61 Å². The first kappa shape index (κ1) is 15.6. The van der Waals surface area contributed by atoms with E-state index in [4.69, 9.17) is 16.3 Å². The van der Waals surface area contributed by atoms with Gasteiger partial charge in [0.1, 0.15) is 5.75 Å². The Morgan fingerprint density at radius 3 is 2.75 bits per heavy atom. The zero-order valence-corrected chi connectivity index (χ0v) is 13.6. The molecule has 1 aliphatic heterocycles. The maximum absolute atomic E-state index is 11.8. The Balaban J connectivity index is 1.77. The molecule has 110 valence electrons. The lowest BCUT2D eigenvalue weighted by Crippen LogP contribution is -2.53. The van der Waals surface area contributed by atoms with Crippen LogP contribution in [-0.2, 0) is 4.79 Å². The standard InChI is InChI=1S/C13H17BrClN3O2/c1-17-4-6-18(7-5-17)16-13(19)9-20-12-3-2-10(14)8-11(12)15/h2-3,8H,4-7,9H2,1H3,(H,16,19). The molecule has 1 amide bonds. The fourth-order valence-corrected chi connectivity index (χ4v) is 2.59. The highest BCUT2D eigenvalue weighted by Gasteiger charge is 2.16. The number of piperazine rings is 1. The van der Waals surface area contributed by atoms with Gasteiger partial charge < -0.3 is 9.64 Å². The molecule has 1 fully saturated rings. The average Bonchev–Trinajstić information content (AvgIpc) is 2.40. The SMILES string of the molecule is CN1CCN(NC(=O)COc2ccc(Br)cc2Cl)CC1. The van der Waals surface area contributed by atoms with Crippen molar-refractivity contribution in [2.45, 2.75) is 0 Å². The third-order valence-corrected chi connectivity index (χ3v) is 3.83. The maximum Gasteiger partial charge on any atom is 0.272 e. The third kappa shape index (κ3) is 4.63. The van der Waals surface area contributed by atoms with Crippen LogP contribution in [0.5, 0.6) is 5.75 Å². The first-order valence-electron chi connectivity index (χ1n) is 6.35. The Morgan fingerprint density at radius 2 is 2.10 bits per heavy atom. The molecule has 1 heterocycles. The molecule has 0 saturated carbocycles. The summed E-state index contributed by atoms with van der Waals surface area (Å²) in [6.45, 7) is 3.48. The zero-order valence-electron chi connectivity index (χ0n) is 11.2. The van der Waals surface area contributed by atoms with Gasteiger partial charge in [-0.25, -0.2) is 5.01 Å².